The van der Waals surface area contributed by atoms with Crippen LogP contribution in [0.2, 0.25) is 0 Å². The molecule has 0 saturated carbocycles. The maximum absolute atomic E-state index is 5.56. The SMILES string of the molecule is Cn1ccc(-c2nc[nH]c2CN)c1. The summed E-state index contributed by atoms with van der Waals surface area (Å²) in [4.78, 5) is 7.24. The molecule has 0 unspecified atom stereocenters. The summed E-state index contributed by atoms with van der Waals surface area (Å²) in [6, 6.07) is 2.02. The highest BCUT2D eigenvalue weighted by Crippen LogP contribution is 2.19. The number of nitrogens with zero attached hydrogens (tertiary/aromatic N) is 2. The molecule has 4 nitrogen and oxygen atoms in total. The fraction of sp³-hybridized carbons (Fsp3) is 0.222. The van der Waals surface area contributed by atoms with E-state index >= 15 is 0 Å². The average Bonchev–Trinajstić information content (AvgIpc) is 2.71. The van der Waals surface area contributed by atoms with Crippen LogP contribution in [-0.2, 0) is 13.6 Å². The van der Waals surface area contributed by atoms with E-state index < -0.39 is 0 Å². The quantitative estimate of drug-likeness (QED) is 0.713. The molecule has 0 aromatic carbocycles. The number of aromatic nitrogens is 3. The van der Waals surface area contributed by atoms with Crippen molar-refractivity contribution in [3.05, 3.63) is 30.5 Å². The number of hydrogen-bond donors (Lipinski definition) is 2. The summed E-state index contributed by atoms with van der Waals surface area (Å²) in [7, 11) is 1.98. The minimum absolute atomic E-state index is 0.490. The van der Waals surface area contributed by atoms with Gasteiger partial charge in [0.25, 0.3) is 0 Å². The van der Waals surface area contributed by atoms with Gasteiger partial charge in [-0.25, -0.2) is 4.98 Å². The zero-order valence-corrected chi connectivity index (χ0v) is 7.49. The molecule has 0 amide bonds. The Bertz CT molecular complexity index is 399. The summed E-state index contributed by atoms with van der Waals surface area (Å²) in [6.45, 7) is 0.490. The Labute approximate surface area is 76.4 Å². The van der Waals surface area contributed by atoms with Crippen molar-refractivity contribution in [1.82, 2.24) is 14.5 Å². The Morgan fingerprint density at radius 2 is 2.46 bits per heavy atom. The average molecular weight is 176 g/mol. The van der Waals surface area contributed by atoms with Crippen molar-refractivity contribution in [2.24, 2.45) is 12.8 Å². The molecule has 0 saturated heterocycles. The van der Waals surface area contributed by atoms with Crippen molar-refractivity contribution < 1.29 is 0 Å². The number of rotatable bonds is 2. The molecule has 4 heteroatoms. The van der Waals surface area contributed by atoms with E-state index in [4.69, 9.17) is 5.73 Å². The van der Waals surface area contributed by atoms with E-state index in [1.165, 1.54) is 0 Å². The monoisotopic (exact) mass is 176 g/mol. The molecule has 2 aromatic rings. The lowest BCUT2D eigenvalue weighted by Crippen LogP contribution is -1.98. The summed E-state index contributed by atoms with van der Waals surface area (Å²) in [5, 5.41) is 0. The van der Waals surface area contributed by atoms with Gasteiger partial charge in [0.05, 0.1) is 17.7 Å². The lowest BCUT2D eigenvalue weighted by Gasteiger charge is -1.95. The van der Waals surface area contributed by atoms with Crippen molar-refractivity contribution in [3.63, 3.8) is 0 Å². The Hall–Kier alpha value is -1.55. The Balaban J connectivity index is 2.45. The second-order valence-electron chi connectivity index (χ2n) is 3.00. The molecule has 3 N–H and O–H groups in total. The third-order valence-corrected chi connectivity index (χ3v) is 2.03. The zero-order valence-electron chi connectivity index (χ0n) is 7.49. The van der Waals surface area contributed by atoms with Crippen molar-refractivity contribution in [2.45, 2.75) is 6.54 Å². The van der Waals surface area contributed by atoms with E-state index in [0.29, 0.717) is 6.54 Å². The second-order valence-corrected chi connectivity index (χ2v) is 3.00. The van der Waals surface area contributed by atoms with E-state index in [1.54, 1.807) is 6.33 Å². The highest BCUT2D eigenvalue weighted by Gasteiger charge is 2.06. The number of imidazole rings is 1. The highest BCUT2D eigenvalue weighted by atomic mass is 14.9. The Morgan fingerprint density at radius 3 is 3.08 bits per heavy atom. The molecule has 2 aromatic heterocycles. The molecular formula is C9H12N4. The standard InChI is InChI=1S/C9H12N4/c1-13-3-2-7(5-13)9-8(4-10)11-6-12-9/h2-3,5-6H,4,10H2,1H3,(H,11,12). The van der Waals surface area contributed by atoms with Gasteiger partial charge >= 0.3 is 0 Å². The smallest absolute Gasteiger partial charge is 0.0941 e. The number of nitrogens with one attached hydrogen (secondary N) is 1. The molecular weight excluding hydrogens is 164 g/mol. The van der Waals surface area contributed by atoms with Gasteiger partial charge in [-0.15, -0.1) is 0 Å². The Kier molecular flexibility index (Phi) is 1.90. The maximum Gasteiger partial charge on any atom is 0.0941 e. The van der Waals surface area contributed by atoms with Crippen LogP contribution in [0.1, 0.15) is 5.69 Å². The molecule has 0 bridgehead atoms. The van der Waals surface area contributed by atoms with Crippen molar-refractivity contribution >= 4 is 0 Å². The van der Waals surface area contributed by atoms with E-state index in [-0.39, 0.29) is 0 Å². The molecule has 0 fully saturated rings. The first-order valence-corrected chi connectivity index (χ1v) is 4.16. The molecule has 0 spiro atoms. The molecule has 0 aliphatic heterocycles. The van der Waals surface area contributed by atoms with Crippen LogP contribution in [0.5, 0.6) is 0 Å². The minimum atomic E-state index is 0.490. The van der Waals surface area contributed by atoms with Crippen LogP contribution in [-0.4, -0.2) is 14.5 Å². The Morgan fingerprint density at radius 1 is 1.62 bits per heavy atom. The van der Waals surface area contributed by atoms with E-state index in [1.807, 2.05) is 30.1 Å². The lowest BCUT2D eigenvalue weighted by atomic mass is 10.2. The van der Waals surface area contributed by atoms with Gasteiger partial charge < -0.3 is 15.3 Å². The van der Waals surface area contributed by atoms with Gasteiger partial charge in [-0.1, -0.05) is 0 Å². The van der Waals surface area contributed by atoms with Gasteiger partial charge in [-0.05, 0) is 6.07 Å². The van der Waals surface area contributed by atoms with Crippen LogP contribution < -0.4 is 5.73 Å². The van der Waals surface area contributed by atoms with Gasteiger partial charge in [0.1, 0.15) is 0 Å². The predicted octanol–water partition coefficient (Wildman–Crippen LogP) is 0.874. The fourth-order valence-electron chi connectivity index (χ4n) is 1.37. The van der Waals surface area contributed by atoms with Crippen LogP contribution in [0.3, 0.4) is 0 Å². The van der Waals surface area contributed by atoms with Crippen molar-refractivity contribution in [2.75, 3.05) is 0 Å². The summed E-state index contributed by atoms with van der Waals surface area (Å²) >= 11 is 0. The molecule has 0 aliphatic rings. The number of aromatic amines is 1. The molecule has 0 aliphatic carbocycles. The van der Waals surface area contributed by atoms with E-state index in [0.717, 1.165) is 17.0 Å². The third-order valence-electron chi connectivity index (χ3n) is 2.03. The van der Waals surface area contributed by atoms with Gasteiger partial charge in [0.2, 0.25) is 0 Å². The third kappa shape index (κ3) is 1.36. The first kappa shape index (κ1) is 8.07. The normalized spacial score (nSPS) is 10.6. The van der Waals surface area contributed by atoms with E-state index in [9.17, 15) is 0 Å². The largest absolute Gasteiger partial charge is 0.357 e. The molecule has 0 radical (unpaired) electrons. The molecule has 13 heavy (non-hydrogen) atoms. The summed E-state index contributed by atoms with van der Waals surface area (Å²) in [5.74, 6) is 0. The van der Waals surface area contributed by atoms with Crippen molar-refractivity contribution in [3.8, 4) is 11.3 Å². The lowest BCUT2D eigenvalue weighted by molar-refractivity contribution is 0.928. The maximum atomic E-state index is 5.56. The summed E-state index contributed by atoms with van der Waals surface area (Å²) in [6.07, 6.45) is 5.68. The molecule has 2 rings (SSSR count). The van der Waals surface area contributed by atoms with Gasteiger partial charge in [-0.2, -0.15) is 0 Å². The number of H-pyrrole nitrogens is 1. The van der Waals surface area contributed by atoms with Crippen LogP contribution in [0.4, 0.5) is 0 Å². The van der Waals surface area contributed by atoms with Crippen LogP contribution in [0.15, 0.2) is 24.8 Å². The summed E-state index contributed by atoms with van der Waals surface area (Å²) < 4.78 is 1.99. The number of aryl methyl sites for hydroxylation is 1. The van der Waals surface area contributed by atoms with Gasteiger partial charge in [-0.3, -0.25) is 0 Å². The second kappa shape index (κ2) is 3.06. The van der Waals surface area contributed by atoms with Gasteiger partial charge in [0, 0.05) is 31.5 Å². The molecule has 68 valence electrons. The zero-order chi connectivity index (χ0) is 9.26. The first-order chi connectivity index (χ1) is 6.31. The first-order valence-electron chi connectivity index (χ1n) is 4.16. The molecule has 0 atom stereocenters. The van der Waals surface area contributed by atoms with Gasteiger partial charge in [0.15, 0.2) is 0 Å². The highest BCUT2D eigenvalue weighted by molar-refractivity contribution is 5.60. The van der Waals surface area contributed by atoms with Crippen LogP contribution in [0, 0.1) is 0 Å². The number of nitrogens with two attached hydrogens (primary N) is 1. The van der Waals surface area contributed by atoms with Crippen LogP contribution in [0.25, 0.3) is 11.3 Å². The predicted molar refractivity (Wildman–Crippen MR) is 50.9 cm³/mol. The topological polar surface area (TPSA) is 59.6 Å². The van der Waals surface area contributed by atoms with Crippen LogP contribution >= 0.6 is 0 Å². The fourth-order valence-corrected chi connectivity index (χ4v) is 1.37. The summed E-state index contributed by atoms with van der Waals surface area (Å²) in [5.41, 5.74) is 8.59. The molecule has 2 heterocycles. The minimum Gasteiger partial charge on any atom is -0.357 e. The number of hydrogen-bond acceptors (Lipinski definition) is 2. The van der Waals surface area contributed by atoms with E-state index in [2.05, 4.69) is 9.97 Å². The van der Waals surface area contributed by atoms with Crippen molar-refractivity contribution in [1.29, 1.82) is 0 Å².